The fourth-order valence-electron chi connectivity index (χ4n) is 1.80. The van der Waals surface area contributed by atoms with E-state index >= 15 is 0 Å². The summed E-state index contributed by atoms with van der Waals surface area (Å²) in [6.07, 6.45) is -0.521. The van der Waals surface area contributed by atoms with Gasteiger partial charge in [0.05, 0.1) is 13.2 Å². The number of hydrogen-bond acceptors (Lipinski definition) is 6. The van der Waals surface area contributed by atoms with Gasteiger partial charge in [0.15, 0.2) is 0 Å². The number of nitrogens with one attached hydrogen (secondary N) is 1. The van der Waals surface area contributed by atoms with E-state index in [1.807, 2.05) is 24.3 Å². The van der Waals surface area contributed by atoms with Crippen LogP contribution in [0.2, 0.25) is 0 Å². The lowest BCUT2D eigenvalue weighted by molar-refractivity contribution is -0.129. The van der Waals surface area contributed by atoms with Crippen LogP contribution >= 0.6 is 11.8 Å². The lowest BCUT2D eigenvalue weighted by Gasteiger charge is -2.23. The Kier molecular flexibility index (Phi) is 12.5. The molecule has 1 N–H and O–H groups in total. The minimum Gasteiger partial charge on any atom is -0.497 e. The van der Waals surface area contributed by atoms with Crippen LogP contribution in [0.3, 0.4) is 0 Å². The third-order valence-corrected chi connectivity index (χ3v) is 4.01. The number of rotatable bonds is 9. The Balaban J connectivity index is 0.00000139. The van der Waals surface area contributed by atoms with Crippen molar-refractivity contribution in [3.63, 3.8) is 0 Å². The van der Waals surface area contributed by atoms with E-state index < -0.39 is 11.7 Å². The fraction of sp³-hybridized carbons (Fsp3) is 0.636. The Bertz CT molecular complexity index is 585. The summed E-state index contributed by atoms with van der Waals surface area (Å²) in [7, 11) is 1.63. The third-order valence-electron chi connectivity index (χ3n) is 2.83. The summed E-state index contributed by atoms with van der Waals surface area (Å²) < 4.78 is 15.1. The Labute approximate surface area is 180 Å². The molecule has 29 heavy (non-hydrogen) atoms. The van der Waals surface area contributed by atoms with Crippen molar-refractivity contribution in [2.24, 2.45) is 5.41 Å². The topological polar surface area (TPSA) is 73.9 Å². The molecule has 0 fully saturated rings. The summed E-state index contributed by atoms with van der Waals surface area (Å²) in [5.74, 6) is 2.18. The second-order valence-corrected chi connectivity index (χ2v) is 10.2. The van der Waals surface area contributed by atoms with Crippen LogP contribution in [-0.2, 0) is 20.0 Å². The van der Waals surface area contributed by atoms with Crippen LogP contribution in [0, 0.1) is 5.41 Å². The van der Waals surface area contributed by atoms with E-state index in [1.54, 1.807) is 39.6 Å². The highest BCUT2D eigenvalue weighted by Gasteiger charge is 2.20. The molecule has 1 atom stereocenters. The normalized spacial score (nSPS) is 12.1. The van der Waals surface area contributed by atoms with Gasteiger partial charge in [-0.15, -0.1) is 0 Å². The standard InChI is InChI=1S/C17H25NO5S.C5H12/c1-17(2,3)23-16(20)18-14(9-22-12-19)11-24-10-13-5-7-15(21-4)8-6-13;1-5(2,3)4/h5-8,12,14H,9-11H2,1-4H3,(H,18,20);1-4H3. The highest BCUT2D eigenvalue weighted by atomic mass is 32.2. The van der Waals surface area contributed by atoms with Crippen LogP contribution in [0.1, 0.15) is 54.0 Å². The Hall–Kier alpha value is -1.89. The molecule has 0 saturated heterocycles. The smallest absolute Gasteiger partial charge is 0.408 e. The number of ether oxygens (including phenoxy) is 3. The SMILES string of the molecule is CC(C)(C)C.COc1ccc(CSCC(COC=O)NC(=O)OC(C)(C)C)cc1. The first-order chi connectivity index (χ1) is 13.3. The van der Waals surface area contributed by atoms with Crippen LogP contribution in [0.25, 0.3) is 0 Å². The molecule has 0 aromatic heterocycles. The predicted molar refractivity (Wildman–Crippen MR) is 119 cm³/mol. The van der Waals surface area contributed by atoms with Gasteiger partial charge in [0.25, 0.3) is 6.47 Å². The summed E-state index contributed by atoms with van der Waals surface area (Å²) >= 11 is 1.63. The van der Waals surface area contributed by atoms with Gasteiger partial charge in [0.1, 0.15) is 18.0 Å². The first-order valence-corrected chi connectivity index (χ1v) is 10.7. The van der Waals surface area contributed by atoms with E-state index in [9.17, 15) is 9.59 Å². The monoisotopic (exact) mass is 427 g/mol. The van der Waals surface area contributed by atoms with Crippen molar-refractivity contribution in [1.82, 2.24) is 5.32 Å². The number of hydrogen-bond donors (Lipinski definition) is 1. The van der Waals surface area contributed by atoms with E-state index in [-0.39, 0.29) is 12.6 Å². The minimum absolute atomic E-state index is 0.109. The number of carbonyl (C=O) groups is 2. The van der Waals surface area contributed by atoms with Crippen molar-refractivity contribution < 1.29 is 23.8 Å². The summed E-state index contributed by atoms with van der Waals surface area (Å²) in [5.41, 5.74) is 1.07. The van der Waals surface area contributed by atoms with Gasteiger partial charge in [-0.1, -0.05) is 39.8 Å². The lowest BCUT2D eigenvalue weighted by Crippen LogP contribution is -2.42. The molecule has 0 saturated carbocycles. The third kappa shape index (κ3) is 17.9. The summed E-state index contributed by atoms with van der Waals surface area (Å²) in [6.45, 7) is 14.6. The molecule has 0 radical (unpaired) electrons. The van der Waals surface area contributed by atoms with Crippen molar-refractivity contribution >= 4 is 24.3 Å². The quantitative estimate of drug-likeness (QED) is 0.556. The van der Waals surface area contributed by atoms with Gasteiger partial charge < -0.3 is 19.5 Å². The largest absolute Gasteiger partial charge is 0.497 e. The molecule has 1 unspecified atom stereocenters. The zero-order valence-corrected chi connectivity index (χ0v) is 19.9. The lowest BCUT2D eigenvalue weighted by atomic mass is 10.0. The first kappa shape index (κ1) is 27.1. The van der Waals surface area contributed by atoms with Crippen LogP contribution in [0.4, 0.5) is 4.79 Å². The molecule has 1 amide bonds. The second-order valence-electron chi connectivity index (χ2n) is 9.14. The average molecular weight is 428 g/mol. The van der Waals surface area contributed by atoms with Crippen molar-refractivity contribution in [1.29, 1.82) is 0 Å². The molecule has 0 heterocycles. The van der Waals surface area contributed by atoms with E-state index in [4.69, 9.17) is 14.2 Å². The maximum absolute atomic E-state index is 11.8. The summed E-state index contributed by atoms with van der Waals surface area (Å²) in [6, 6.07) is 7.48. The van der Waals surface area contributed by atoms with Crippen LogP contribution in [-0.4, -0.2) is 43.7 Å². The van der Waals surface area contributed by atoms with E-state index in [0.29, 0.717) is 17.6 Å². The summed E-state index contributed by atoms with van der Waals surface area (Å²) in [5, 5.41) is 2.73. The predicted octanol–water partition coefficient (Wildman–Crippen LogP) is 5.05. The zero-order chi connectivity index (χ0) is 22.5. The summed E-state index contributed by atoms with van der Waals surface area (Å²) in [4.78, 5) is 22.2. The van der Waals surface area contributed by atoms with Gasteiger partial charge in [-0.25, -0.2) is 4.79 Å². The first-order valence-electron chi connectivity index (χ1n) is 9.59. The molecule has 166 valence electrons. The number of methoxy groups -OCH3 is 1. The Morgan fingerprint density at radius 2 is 1.66 bits per heavy atom. The van der Waals surface area contributed by atoms with Gasteiger partial charge in [-0.2, -0.15) is 11.8 Å². The molecule has 1 aromatic rings. The van der Waals surface area contributed by atoms with Crippen molar-refractivity contribution in [2.45, 2.75) is 65.9 Å². The molecular formula is C22H37NO5S. The van der Waals surface area contributed by atoms with E-state index in [1.165, 1.54) is 0 Å². The van der Waals surface area contributed by atoms with Crippen molar-refractivity contribution in [3.8, 4) is 5.75 Å². The maximum atomic E-state index is 11.8. The van der Waals surface area contributed by atoms with Crippen LogP contribution in [0.5, 0.6) is 5.75 Å². The van der Waals surface area contributed by atoms with E-state index in [0.717, 1.165) is 17.1 Å². The second kappa shape index (κ2) is 13.4. The Morgan fingerprint density at radius 1 is 1.10 bits per heavy atom. The van der Waals surface area contributed by atoms with Gasteiger partial charge in [-0.3, -0.25) is 4.79 Å². The molecule has 0 aliphatic carbocycles. The molecule has 0 aliphatic rings. The number of thioether (sulfide) groups is 1. The molecule has 1 rings (SSSR count). The van der Waals surface area contributed by atoms with E-state index in [2.05, 4.69) is 33.0 Å². The van der Waals surface area contributed by atoms with Crippen molar-refractivity contribution in [3.05, 3.63) is 29.8 Å². The molecule has 0 bridgehead atoms. The number of benzene rings is 1. The average Bonchev–Trinajstić information content (AvgIpc) is 2.57. The number of alkyl carbamates (subject to hydrolysis) is 1. The molecule has 6 nitrogen and oxygen atoms in total. The molecule has 0 aliphatic heterocycles. The molecule has 7 heteroatoms. The zero-order valence-electron chi connectivity index (χ0n) is 19.0. The van der Waals surface area contributed by atoms with Gasteiger partial charge in [0.2, 0.25) is 0 Å². The minimum atomic E-state index is -0.573. The van der Waals surface area contributed by atoms with Gasteiger partial charge in [0, 0.05) is 11.5 Å². The van der Waals surface area contributed by atoms with Crippen molar-refractivity contribution in [2.75, 3.05) is 19.5 Å². The highest BCUT2D eigenvalue weighted by molar-refractivity contribution is 7.98. The fourth-order valence-corrected chi connectivity index (χ4v) is 2.81. The van der Waals surface area contributed by atoms with Crippen LogP contribution < -0.4 is 10.1 Å². The van der Waals surface area contributed by atoms with Gasteiger partial charge in [-0.05, 0) is 43.9 Å². The highest BCUT2D eigenvalue weighted by Crippen LogP contribution is 2.17. The maximum Gasteiger partial charge on any atom is 0.408 e. The Morgan fingerprint density at radius 3 is 2.10 bits per heavy atom. The number of amides is 1. The molecule has 1 aromatic carbocycles. The molecular weight excluding hydrogens is 390 g/mol. The van der Waals surface area contributed by atoms with Gasteiger partial charge >= 0.3 is 6.09 Å². The number of carbonyl (C=O) groups excluding carboxylic acids is 2. The molecule has 0 spiro atoms. The van der Waals surface area contributed by atoms with Crippen LogP contribution in [0.15, 0.2) is 24.3 Å².